The normalized spacial score (nSPS) is 22.8. The van der Waals surface area contributed by atoms with Crippen molar-refractivity contribution in [3.05, 3.63) is 35.6 Å². The molecule has 0 radical (unpaired) electrons. The number of fused-ring (bicyclic) bond motifs is 1. The van der Waals surface area contributed by atoms with Gasteiger partial charge in [0.1, 0.15) is 0 Å². The van der Waals surface area contributed by atoms with Crippen molar-refractivity contribution in [1.29, 1.82) is 0 Å². The second kappa shape index (κ2) is 3.62. The highest BCUT2D eigenvalue weighted by molar-refractivity contribution is 5.90. The molecule has 1 heterocycles. The molecule has 0 spiro atoms. The third-order valence-electron chi connectivity index (χ3n) is 2.39. The SMILES string of the molecule is COC(=O)CC1C=CC=C2C=NC=C21. The summed E-state index contributed by atoms with van der Waals surface area (Å²) in [5, 5.41) is 0. The summed E-state index contributed by atoms with van der Waals surface area (Å²) < 4.78 is 4.64. The number of rotatable bonds is 2. The van der Waals surface area contributed by atoms with Gasteiger partial charge >= 0.3 is 5.97 Å². The maximum atomic E-state index is 11.1. The van der Waals surface area contributed by atoms with E-state index in [1.807, 2.05) is 30.6 Å². The zero-order chi connectivity index (χ0) is 9.97. The molecule has 0 aromatic heterocycles. The first-order valence-electron chi connectivity index (χ1n) is 4.50. The van der Waals surface area contributed by atoms with Crippen molar-refractivity contribution in [3.8, 4) is 0 Å². The fourth-order valence-corrected chi connectivity index (χ4v) is 1.63. The smallest absolute Gasteiger partial charge is 0.306 e. The van der Waals surface area contributed by atoms with Crippen LogP contribution in [0.1, 0.15) is 6.42 Å². The van der Waals surface area contributed by atoms with Gasteiger partial charge in [0.25, 0.3) is 0 Å². The van der Waals surface area contributed by atoms with Crippen LogP contribution in [0.25, 0.3) is 0 Å². The van der Waals surface area contributed by atoms with E-state index in [1.54, 1.807) is 0 Å². The van der Waals surface area contributed by atoms with Crippen molar-refractivity contribution in [1.82, 2.24) is 0 Å². The molecular formula is C11H11NO2. The van der Waals surface area contributed by atoms with Crippen molar-refractivity contribution in [2.24, 2.45) is 10.9 Å². The molecule has 3 heteroatoms. The second-order valence-electron chi connectivity index (χ2n) is 3.26. The van der Waals surface area contributed by atoms with Gasteiger partial charge in [-0.2, -0.15) is 0 Å². The van der Waals surface area contributed by atoms with E-state index < -0.39 is 0 Å². The first-order valence-corrected chi connectivity index (χ1v) is 4.50. The van der Waals surface area contributed by atoms with Crippen LogP contribution in [-0.4, -0.2) is 19.3 Å². The van der Waals surface area contributed by atoms with Gasteiger partial charge in [0.2, 0.25) is 0 Å². The summed E-state index contributed by atoms with van der Waals surface area (Å²) in [7, 11) is 1.41. The van der Waals surface area contributed by atoms with Crippen molar-refractivity contribution in [2.45, 2.75) is 6.42 Å². The lowest BCUT2D eigenvalue weighted by molar-refractivity contribution is -0.141. The number of hydrogen-bond acceptors (Lipinski definition) is 3. The summed E-state index contributed by atoms with van der Waals surface area (Å²) in [6.07, 6.45) is 9.96. The minimum Gasteiger partial charge on any atom is -0.469 e. The average Bonchev–Trinajstić information content (AvgIpc) is 2.66. The number of carbonyl (C=O) groups excluding carboxylic acids is 1. The minimum absolute atomic E-state index is 0.116. The highest BCUT2D eigenvalue weighted by atomic mass is 16.5. The highest BCUT2D eigenvalue weighted by Crippen LogP contribution is 2.30. The van der Waals surface area contributed by atoms with Crippen molar-refractivity contribution >= 4 is 12.2 Å². The standard InChI is InChI=1S/C11H11NO2/c1-14-11(13)5-8-3-2-4-9-6-12-7-10(8)9/h2-4,6-8H,5H2,1H3. The number of esters is 1. The van der Waals surface area contributed by atoms with Crippen LogP contribution in [0.3, 0.4) is 0 Å². The van der Waals surface area contributed by atoms with Crippen molar-refractivity contribution in [3.63, 3.8) is 0 Å². The monoisotopic (exact) mass is 189 g/mol. The Hall–Kier alpha value is -1.64. The molecule has 0 N–H and O–H groups in total. The van der Waals surface area contributed by atoms with Crippen molar-refractivity contribution in [2.75, 3.05) is 7.11 Å². The molecule has 0 saturated carbocycles. The third kappa shape index (κ3) is 1.53. The molecule has 1 aliphatic heterocycles. The van der Waals surface area contributed by atoms with Crippen molar-refractivity contribution < 1.29 is 9.53 Å². The van der Waals surface area contributed by atoms with E-state index >= 15 is 0 Å². The number of hydrogen-bond donors (Lipinski definition) is 0. The number of ether oxygens (including phenoxy) is 1. The Morgan fingerprint density at radius 1 is 1.64 bits per heavy atom. The maximum absolute atomic E-state index is 11.1. The molecule has 0 saturated heterocycles. The predicted molar refractivity (Wildman–Crippen MR) is 53.9 cm³/mol. The molecule has 1 unspecified atom stereocenters. The van der Waals surface area contributed by atoms with Gasteiger partial charge in [0, 0.05) is 18.3 Å². The topological polar surface area (TPSA) is 38.7 Å². The molecule has 0 aromatic rings. The zero-order valence-corrected chi connectivity index (χ0v) is 7.93. The third-order valence-corrected chi connectivity index (χ3v) is 2.39. The van der Waals surface area contributed by atoms with Crippen LogP contribution in [0.4, 0.5) is 0 Å². The Balaban J connectivity index is 2.12. The van der Waals surface area contributed by atoms with Gasteiger partial charge < -0.3 is 4.74 Å². The first-order chi connectivity index (χ1) is 6.81. The number of carbonyl (C=O) groups is 1. The van der Waals surface area contributed by atoms with Gasteiger partial charge in [0.05, 0.1) is 13.5 Å². The lowest BCUT2D eigenvalue weighted by Crippen LogP contribution is -2.12. The molecule has 1 atom stereocenters. The van der Waals surface area contributed by atoms with E-state index in [1.165, 1.54) is 7.11 Å². The van der Waals surface area contributed by atoms with Crippen LogP contribution in [0, 0.1) is 5.92 Å². The zero-order valence-electron chi connectivity index (χ0n) is 7.93. The van der Waals surface area contributed by atoms with Gasteiger partial charge in [-0.05, 0) is 11.1 Å². The molecule has 2 rings (SSSR count). The molecular weight excluding hydrogens is 178 g/mol. The summed E-state index contributed by atoms with van der Waals surface area (Å²) in [5.41, 5.74) is 2.21. The number of nitrogens with zero attached hydrogens (tertiary/aromatic N) is 1. The minimum atomic E-state index is -0.186. The van der Waals surface area contributed by atoms with Crippen LogP contribution in [0.2, 0.25) is 0 Å². The Morgan fingerprint density at radius 2 is 2.50 bits per heavy atom. The molecule has 0 aromatic carbocycles. The average molecular weight is 189 g/mol. The van der Waals surface area contributed by atoms with E-state index in [-0.39, 0.29) is 11.9 Å². The lowest BCUT2D eigenvalue weighted by Gasteiger charge is -2.16. The summed E-state index contributed by atoms with van der Waals surface area (Å²) in [6, 6.07) is 0. The molecule has 1 aliphatic carbocycles. The molecule has 0 fully saturated rings. The van der Waals surface area contributed by atoms with E-state index in [9.17, 15) is 4.79 Å². The number of methoxy groups -OCH3 is 1. The molecule has 72 valence electrons. The van der Waals surface area contributed by atoms with Crippen LogP contribution in [-0.2, 0) is 9.53 Å². The van der Waals surface area contributed by atoms with E-state index in [2.05, 4.69) is 9.73 Å². The quantitative estimate of drug-likeness (QED) is 0.619. The number of aliphatic imine (C=N–C) groups is 1. The fourth-order valence-electron chi connectivity index (χ4n) is 1.63. The highest BCUT2D eigenvalue weighted by Gasteiger charge is 2.22. The molecule has 0 amide bonds. The summed E-state index contributed by atoms with van der Waals surface area (Å²) in [6.45, 7) is 0. The van der Waals surface area contributed by atoms with E-state index in [0.717, 1.165) is 11.1 Å². The maximum Gasteiger partial charge on any atom is 0.306 e. The van der Waals surface area contributed by atoms with Gasteiger partial charge in [-0.25, -0.2) is 0 Å². The van der Waals surface area contributed by atoms with E-state index in [4.69, 9.17) is 0 Å². The van der Waals surface area contributed by atoms with Gasteiger partial charge in [-0.3, -0.25) is 9.79 Å². The van der Waals surface area contributed by atoms with Gasteiger partial charge in [-0.15, -0.1) is 0 Å². The Morgan fingerprint density at radius 3 is 3.29 bits per heavy atom. The Kier molecular flexibility index (Phi) is 2.31. The molecule has 3 nitrogen and oxygen atoms in total. The van der Waals surface area contributed by atoms with Crippen LogP contribution in [0.15, 0.2) is 40.6 Å². The summed E-state index contributed by atoms with van der Waals surface area (Å²) in [4.78, 5) is 15.2. The first kappa shape index (κ1) is 8.94. The van der Waals surface area contributed by atoms with Gasteiger partial charge in [0.15, 0.2) is 0 Å². The predicted octanol–water partition coefficient (Wildman–Crippen LogP) is 1.63. The molecule has 2 aliphatic rings. The molecule has 14 heavy (non-hydrogen) atoms. The Labute approximate surface area is 82.5 Å². The lowest BCUT2D eigenvalue weighted by atomic mass is 9.88. The van der Waals surface area contributed by atoms with Gasteiger partial charge in [-0.1, -0.05) is 18.2 Å². The summed E-state index contributed by atoms with van der Waals surface area (Å²) >= 11 is 0. The Bertz CT molecular complexity index is 375. The number of allylic oxidation sites excluding steroid dienone is 5. The van der Waals surface area contributed by atoms with E-state index in [0.29, 0.717) is 6.42 Å². The van der Waals surface area contributed by atoms with Crippen LogP contribution >= 0.6 is 0 Å². The summed E-state index contributed by atoms with van der Waals surface area (Å²) in [5.74, 6) is -0.0707. The second-order valence-corrected chi connectivity index (χ2v) is 3.26. The fraction of sp³-hybridized carbons (Fsp3) is 0.273. The van der Waals surface area contributed by atoms with Crippen LogP contribution < -0.4 is 0 Å². The van der Waals surface area contributed by atoms with Crippen LogP contribution in [0.5, 0.6) is 0 Å². The largest absolute Gasteiger partial charge is 0.469 e. The molecule has 0 bridgehead atoms.